The molecule has 4 unspecified atom stereocenters. The predicted octanol–water partition coefficient (Wildman–Crippen LogP) is 5.15. The zero-order chi connectivity index (χ0) is 14.6. The lowest BCUT2D eigenvalue weighted by atomic mass is 9.51. The lowest BCUT2D eigenvalue weighted by Gasteiger charge is -2.54. The molecule has 0 heterocycles. The van der Waals surface area contributed by atoms with E-state index < -0.39 is 0 Å². The molecule has 116 valence electrons. The van der Waals surface area contributed by atoms with Gasteiger partial charge in [0.25, 0.3) is 0 Å². The van der Waals surface area contributed by atoms with Gasteiger partial charge in [0.05, 0.1) is 0 Å². The van der Waals surface area contributed by atoms with E-state index in [4.69, 9.17) is 0 Å². The van der Waals surface area contributed by atoms with Crippen molar-refractivity contribution in [3.8, 4) is 0 Å². The molecule has 0 aliphatic heterocycles. The lowest BCUT2D eigenvalue weighted by Crippen LogP contribution is -2.46. The molecule has 0 aromatic carbocycles. The second-order valence-corrected chi connectivity index (χ2v) is 8.53. The van der Waals surface area contributed by atoms with Crippen molar-refractivity contribution in [3.05, 3.63) is 11.6 Å². The van der Waals surface area contributed by atoms with Gasteiger partial charge in [-0.15, -0.1) is 0 Å². The highest BCUT2D eigenvalue weighted by atomic mass is 16.1. The van der Waals surface area contributed by atoms with Crippen molar-refractivity contribution in [2.45, 2.75) is 71.6 Å². The maximum atomic E-state index is 11.7. The molecule has 1 nitrogen and oxygen atoms in total. The summed E-state index contributed by atoms with van der Waals surface area (Å²) in [4.78, 5) is 11.7. The van der Waals surface area contributed by atoms with Crippen LogP contribution in [0.3, 0.4) is 0 Å². The SMILES string of the molecule is CC[C@H]1CCC2C3CCC4=CC(=O)CCC4C3CC[C@@]21C. The highest BCUT2D eigenvalue weighted by Gasteiger charge is 2.55. The third-order valence-electron chi connectivity index (χ3n) is 7.99. The van der Waals surface area contributed by atoms with Crippen LogP contribution in [0.25, 0.3) is 0 Å². The van der Waals surface area contributed by atoms with Crippen molar-refractivity contribution in [1.82, 2.24) is 0 Å². The summed E-state index contributed by atoms with van der Waals surface area (Å²) in [5.41, 5.74) is 2.17. The number of fused-ring (bicyclic) bond motifs is 5. The van der Waals surface area contributed by atoms with Gasteiger partial charge in [0.15, 0.2) is 5.78 Å². The Labute approximate surface area is 129 Å². The van der Waals surface area contributed by atoms with E-state index in [1.165, 1.54) is 50.5 Å². The Kier molecular flexibility index (Phi) is 3.32. The summed E-state index contributed by atoms with van der Waals surface area (Å²) >= 11 is 0. The first kappa shape index (κ1) is 14.0. The number of carbonyl (C=O) groups excluding carboxylic acids is 1. The van der Waals surface area contributed by atoms with Crippen molar-refractivity contribution in [2.24, 2.45) is 35.0 Å². The smallest absolute Gasteiger partial charge is 0.155 e. The summed E-state index contributed by atoms with van der Waals surface area (Å²) in [5, 5.41) is 0. The predicted molar refractivity (Wildman–Crippen MR) is 85.9 cm³/mol. The van der Waals surface area contributed by atoms with Crippen LogP contribution in [0.15, 0.2) is 11.6 Å². The van der Waals surface area contributed by atoms with Gasteiger partial charge >= 0.3 is 0 Å². The monoisotopic (exact) mass is 286 g/mol. The number of carbonyl (C=O) groups is 1. The van der Waals surface area contributed by atoms with E-state index in [0.29, 0.717) is 11.2 Å². The molecule has 0 bridgehead atoms. The van der Waals surface area contributed by atoms with Gasteiger partial charge in [-0.25, -0.2) is 0 Å². The molecule has 0 aromatic rings. The van der Waals surface area contributed by atoms with Crippen LogP contribution in [0.4, 0.5) is 0 Å². The summed E-state index contributed by atoms with van der Waals surface area (Å²) in [6.07, 6.45) is 13.8. The molecule has 4 aliphatic carbocycles. The van der Waals surface area contributed by atoms with Gasteiger partial charge in [0.1, 0.15) is 0 Å². The Hall–Kier alpha value is -0.590. The molecule has 4 aliphatic rings. The second-order valence-electron chi connectivity index (χ2n) is 8.53. The van der Waals surface area contributed by atoms with Crippen molar-refractivity contribution in [1.29, 1.82) is 0 Å². The molecule has 3 saturated carbocycles. The van der Waals surface area contributed by atoms with Crippen LogP contribution in [0.1, 0.15) is 71.6 Å². The van der Waals surface area contributed by atoms with Crippen LogP contribution >= 0.6 is 0 Å². The summed E-state index contributed by atoms with van der Waals surface area (Å²) in [6, 6.07) is 0. The van der Waals surface area contributed by atoms with Crippen LogP contribution in [0, 0.1) is 35.0 Å². The molecule has 6 atom stereocenters. The third-order valence-corrected chi connectivity index (χ3v) is 7.99. The molecule has 0 saturated heterocycles. The van der Waals surface area contributed by atoms with E-state index in [2.05, 4.69) is 13.8 Å². The van der Waals surface area contributed by atoms with Gasteiger partial charge in [-0.1, -0.05) is 25.8 Å². The lowest BCUT2D eigenvalue weighted by molar-refractivity contribution is -0.116. The molecule has 0 amide bonds. The van der Waals surface area contributed by atoms with Gasteiger partial charge in [0.2, 0.25) is 0 Å². The Balaban J connectivity index is 1.61. The molecule has 4 rings (SSSR count). The fraction of sp³-hybridized carbons (Fsp3) is 0.850. The molecule has 1 heteroatoms. The Bertz CT molecular complexity index is 476. The third kappa shape index (κ3) is 1.99. The minimum Gasteiger partial charge on any atom is -0.295 e. The van der Waals surface area contributed by atoms with Crippen molar-refractivity contribution < 1.29 is 4.79 Å². The zero-order valence-electron chi connectivity index (χ0n) is 13.7. The number of ketones is 1. The standard InChI is InChI=1S/C20H30O/c1-3-14-5-9-19-18-7-4-13-12-15(21)6-8-16(13)17(18)10-11-20(14,19)2/h12,14,16-19H,3-11H2,1-2H3/t14-,16?,17?,18?,19?,20+/m0/s1. The summed E-state index contributed by atoms with van der Waals surface area (Å²) in [6.45, 7) is 5.02. The van der Waals surface area contributed by atoms with Crippen molar-refractivity contribution in [2.75, 3.05) is 0 Å². The van der Waals surface area contributed by atoms with Crippen LogP contribution in [0.2, 0.25) is 0 Å². The summed E-state index contributed by atoms with van der Waals surface area (Å²) < 4.78 is 0. The first-order valence-corrected chi connectivity index (χ1v) is 9.36. The van der Waals surface area contributed by atoms with E-state index in [1.807, 2.05) is 6.08 Å². The first-order valence-electron chi connectivity index (χ1n) is 9.36. The van der Waals surface area contributed by atoms with Crippen LogP contribution in [-0.4, -0.2) is 5.78 Å². The molecular weight excluding hydrogens is 256 g/mol. The second kappa shape index (κ2) is 4.96. The minimum absolute atomic E-state index is 0.396. The number of rotatable bonds is 1. The van der Waals surface area contributed by atoms with E-state index >= 15 is 0 Å². The Morgan fingerprint density at radius 1 is 1.10 bits per heavy atom. The minimum atomic E-state index is 0.396. The molecule has 3 fully saturated rings. The molecule has 0 aromatic heterocycles. The molecule has 0 spiro atoms. The van der Waals surface area contributed by atoms with E-state index in [9.17, 15) is 4.79 Å². The topological polar surface area (TPSA) is 17.1 Å². The Morgan fingerprint density at radius 3 is 2.76 bits per heavy atom. The van der Waals surface area contributed by atoms with E-state index in [0.717, 1.165) is 42.4 Å². The highest BCUT2D eigenvalue weighted by molar-refractivity contribution is 5.91. The maximum Gasteiger partial charge on any atom is 0.155 e. The van der Waals surface area contributed by atoms with Gasteiger partial charge in [-0.3, -0.25) is 4.79 Å². The van der Waals surface area contributed by atoms with Crippen molar-refractivity contribution >= 4 is 5.78 Å². The quantitative estimate of drug-likeness (QED) is 0.651. The average molecular weight is 286 g/mol. The molecule has 0 N–H and O–H groups in total. The molecular formula is C20H30O. The van der Waals surface area contributed by atoms with Gasteiger partial charge < -0.3 is 0 Å². The fourth-order valence-electron chi connectivity index (χ4n) is 6.96. The van der Waals surface area contributed by atoms with Crippen LogP contribution < -0.4 is 0 Å². The fourth-order valence-corrected chi connectivity index (χ4v) is 6.96. The normalized spacial score (nSPS) is 49.1. The maximum absolute atomic E-state index is 11.7. The summed E-state index contributed by atoms with van der Waals surface area (Å²) in [7, 11) is 0. The number of hydrogen-bond donors (Lipinski definition) is 0. The zero-order valence-corrected chi connectivity index (χ0v) is 13.7. The Morgan fingerprint density at radius 2 is 1.95 bits per heavy atom. The van der Waals surface area contributed by atoms with Crippen molar-refractivity contribution in [3.63, 3.8) is 0 Å². The largest absolute Gasteiger partial charge is 0.295 e. The first-order chi connectivity index (χ1) is 10.1. The number of allylic oxidation sites excluding steroid dienone is 1. The highest BCUT2D eigenvalue weighted by Crippen LogP contribution is 2.64. The van der Waals surface area contributed by atoms with Crippen LogP contribution in [0.5, 0.6) is 0 Å². The molecule has 0 radical (unpaired) electrons. The van der Waals surface area contributed by atoms with Gasteiger partial charge in [0, 0.05) is 6.42 Å². The van der Waals surface area contributed by atoms with Gasteiger partial charge in [-0.05, 0) is 86.0 Å². The summed E-state index contributed by atoms with van der Waals surface area (Å²) in [5.74, 6) is 5.01. The van der Waals surface area contributed by atoms with E-state index in [1.54, 1.807) is 0 Å². The van der Waals surface area contributed by atoms with Gasteiger partial charge in [-0.2, -0.15) is 0 Å². The molecule has 21 heavy (non-hydrogen) atoms. The van der Waals surface area contributed by atoms with E-state index in [-0.39, 0.29) is 0 Å². The average Bonchev–Trinajstić information content (AvgIpc) is 2.83. The number of hydrogen-bond acceptors (Lipinski definition) is 1. The van der Waals surface area contributed by atoms with Crippen LogP contribution in [-0.2, 0) is 4.79 Å².